The quantitative estimate of drug-likeness (QED) is 0.916. The molecule has 1 unspecified atom stereocenters. The van der Waals surface area contributed by atoms with Gasteiger partial charge in [0.2, 0.25) is 0 Å². The molecule has 3 nitrogen and oxygen atoms in total. The van der Waals surface area contributed by atoms with Gasteiger partial charge in [0.25, 0.3) is 0 Å². The maximum Gasteiger partial charge on any atom is 0.143 e. The molecule has 0 radical (unpaired) electrons. The number of aromatic hydroxyl groups is 1. The van der Waals surface area contributed by atoms with E-state index < -0.39 is 5.92 Å². The number of phenols is 1. The van der Waals surface area contributed by atoms with Gasteiger partial charge in [-0.15, -0.1) is 0 Å². The molecule has 0 aliphatic rings. The minimum absolute atomic E-state index is 0.0287. The lowest BCUT2D eigenvalue weighted by Gasteiger charge is -2.17. The van der Waals surface area contributed by atoms with E-state index in [0.717, 1.165) is 11.1 Å². The molecule has 2 rings (SSSR count). The van der Waals surface area contributed by atoms with Crippen LogP contribution in [0.3, 0.4) is 0 Å². The number of carbonyl (C=O) groups excluding carboxylic acids is 1. The standard InChI is InChI=1S/C16H17NO2/c1-10-8-11(2)16(19)13(9-10)15(12(3)18)14-6-4-5-7-17-14/h4-9,15,19H,1-3H3. The summed E-state index contributed by atoms with van der Waals surface area (Å²) in [6.45, 7) is 5.31. The average molecular weight is 255 g/mol. The summed E-state index contributed by atoms with van der Waals surface area (Å²) in [6.07, 6.45) is 1.66. The van der Waals surface area contributed by atoms with Crippen LogP contribution < -0.4 is 0 Å². The van der Waals surface area contributed by atoms with Gasteiger partial charge in [0.05, 0.1) is 11.6 Å². The summed E-state index contributed by atoms with van der Waals surface area (Å²) in [5.74, 6) is -0.366. The van der Waals surface area contributed by atoms with Gasteiger partial charge >= 0.3 is 0 Å². The molecule has 0 fully saturated rings. The Kier molecular flexibility index (Phi) is 3.65. The number of Topliss-reactive ketones (excluding diaryl/α,β-unsaturated/α-hetero) is 1. The van der Waals surface area contributed by atoms with Crippen LogP contribution in [0.1, 0.15) is 35.2 Å². The lowest BCUT2D eigenvalue weighted by Crippen LogP contribution is -2.13. The summed E-state index contributed by atoms with van der Waals surface area (Å²) in [4.78, 5) is 16.2. The largest absolute Gasteiger partial charge is 0.507 e. The normalized spacial score (nSPS) is 12.2. The smallest absolute Gasteiger partial charge is 0.143 e. The molecule has 98 valence electrons. The van der Waals surface area contributed by atoms with E-state index in [4.69, 9.17) is 0 Å². The van der Waals surface area contributed by atoms with Crippen molar-refractivity contribution < 1.29 is 9.90 Å². The van der Waals surface area contributed by atoms with Crippen LogP contribution in [0, 0.1) is 13.8 Å². The summed E-state index contributed by atoms with van der Waals surface area (Å²) < 4.78 is 0. The minimum atomic E-state index is -0.514. The summed E-state index contributed by atoms with van der Waals surface area (Å²) >= 11 is 0. The van der Waals surface area contributed by atoms with Crippen LogP contribution in [-0.4, -0.2) is 15.9 Å². The third-order valence-corrected chi connectivity index (χ3v) is 3.18. The highest BCUT2D eigenvalue weighted by molar-refractivity contribution is 5.87. The number of aryl methyl sites for hydroxylation is 2. The molecule has 0 aliphatic carbocycles. The van der Waals surface area contributed by atoms with Gasteiger partial charge in [-0.1, -0.05) is 23.8 Å². The molecule has 0 saturated heterocycles. The second-order valence-corrected chi connectivity index (χ2v) is 4.82. The fraction of sp³-hybridized carbons (Fsp3) is 0.250. The van der Waals surface area contributed by atoms with Crippen LogP contribution in [0.4, 0.5) is 0 Å². The van der Waals surface area contributed by atoms with Crippen LogP contribution >= 0.6 is 0 Å². The maximum absolute atomic E-state index is 12.0. The number of ketones is 1. The van der Waals surface area contributed by atoms with E-state index in [1.54, 1.807) is 6.20 Å². The van der Waals surface area contributed by atoms with Crippen LogP contribution in [0.15, 0.2) is 36.5 Å². The number of carbonyl (C=O) groups is 1. The minimum Gasteiger partial charge on any atom is -0.507 e. The first kappa shape index (κ1) is 13.3. The molecule has 1 aromatic heterocycles. The Hall–Kier alpha value is -2.16. The van der Waals surface area contributed by atoms with Crippen molar-refractivity contribution in [2.75, 3.05) is 0 Å². The number of hydrogen-bond acceptors (Lipinski definition) is 3. The third-order valence-electron chi connectivity index (χ3n) is 3.18. The molecule has 0 aliphatic heterocycles. The monoisotopic (exact) mass is 255 g/mol. The van der Waals surface area contributed by atoms with Gasteiger partial charge in [-0.2, -0.15) is 0 Å². The van der Waals surface area contributed by atoms with Crippen molar-refractivity contribution in [3.05, 3.63) is 58.9 Å². The lowest BCUT2D eigenvalue weighted by atomic mass is 9.88. The molecule has 1 N–H and O–H groups in total. The fourth-order valence-corrected chi connectivity index (χ4v) is 2.35. The number of rotatable bonds is 3. The first-order valence-electron chi connectivity index (χ1n) is 6.22. The third kappa shape index (κ3) is 2.65. The van der Waals surface area contributed by atoms with Gasteiger partial charge in [0.15, 0.2) is 0 Å². The van der Waals surface area contributed by atoms with E-state index >= 15 is 0 Å². The zero-order chi connectivity index (χ0) is 14.0. The Bertz CT molecular complexity index is 606. The molecule has 2 aromatic rings. The van der Waals surface area contributed by atoms with Crippen LogP contribution in [0.5, 0.6) is 5.75 Å². The van der Waals surface area contributed by atoms with Gasteiger partial charge < -0.3 is 5.11 Å². The van der Waals surface area contributed by atoms with Gasteiger partial charge in [0.1, 0.15) is 11.5 Å². The first-order valence-corrected chi connectivity index (χ1v) is 6.22. The zero-order valence-corrected chi connectivity index (χ0v) is 11.3. The molecule has 19 heavy (non-hydrogen) atoms. The number of pyridine rings is 1. The van der Waals surface area contributed by atoms with Crippen molar-refractivity contribution >= 4 is 5.78 Å². The van der Waals surface area contributed by atoms with E-state index in [-0.39, 0.29) is 11.5 Å². The second-order valence-electron chi connectivity index (χ2n) is 4.82. The van der Waals surface area contributed by atoms with Crippen molar-refractivity contribution in [2.45, 2.75) is 26.7 Å². The predicted molar refractivity (Wildman–Crippen MR) is 74.3 cm³/mol. The van der Waals surface area contributed by atoms with E-state index in [0.29, 0.717) is 11.3 Å². The Balaban J connectivity index is 2.61. The number of aromatic nitrogens is 1. The highest BCUT2D eigenvalue weighted by atomic mass is 16.3. The van der Waals surface area contributed by atoms with Gasteiger partial charge in [-0.05, 0) is 38.5 Å². The number of benzene rings is 1. The summed E-state index contributed by atoms with van der Waals surface area (Å²) in [5, 5.41) is 10.2. The van der Waals surface area contributed by atoms with Crippen molar-refractivity contribution in [3.8, 4) is 5.75 Å². The predicted octanol–water partition coefficient (Wildman–Crippen LogP) is 3.12. The summed E-state index contributed by atoms with van der Waals surface area (Å²) in [5.41, 5.74) is 3.09. The SMILES string of the molecule is CC(=O)C(c1ccccn1)c1cc(C)cc(C)c1O. The number of nitrogens with zero attached hydrogens (tertiary/aromatic N) is 1. The highest BCUT2D eigenvalue weighted by Gasteiger charge is 2.24. The number of hydrogen-bond donors (Lipinski definition) is 1. The van der Waals surface area contributed by atoms with Crippen molar-refractivity contribution in [1.82, 2.24) is 4.98 Å². The van der Waals surface area contributed by atoms with Gasteiger partial charge in [-0.25, -0.2) is 0 Å². The zero-order valence-electron chi connectivity index (χ0n) is 11.3. The summed E-state index contributed by atoms with van der Waals surface area (Å²) in [7, 11) is 0. The molecule has 0 saturated carbocycles. The Morgan fingerprint density at radius 1 is 1.26 bits per heavy atom. The van der Waals surface area contributed by atoms with Crippen molar-refractivity contribution in [2.24, 2.45) is 0 Å². The van der Waals surface area contributed by atoms with Crippen molar-refractivity contribution in [1.29, 1.82) is 0 Å². The molecule has 0 spiro atoms. The van der Waals surface area contributed by atoms with E-state index in [1.165, 1.54) is 6.92 Å². The Morgan fingerprint density at radius 2 is 2.00 bits per heavy atom. The lowest BCUT2D eigenvalue weighted by molar-refractivity contribution is -0.117. The topological polar surface area (TPSA) is 50.2 Å². The van der Waals surface area contributed by atoms with E-state index in [9.17, 15) is 9.90 Å². The van der Waals surface area contributed by atoms with Gasteiger partial charge in [-0.3, -0.25) is 9.78 Å². The van der Waals surface area contributed by atoms with Crippen molar-refractivity contribution in [3.63, 3.8) is 0 Å². The van der Waals surface area contributed by atoms with Gasteiger partial charge in [0, 0.05) is 11.8 Å². The first-order chi connectivity index (χ1) is 9.00. The molecular weight excluding hydrogens is 238 g/mol. The van der Waals surface area contributed by atoms with Crippen LogP contribution in [-0.2, 0) is 4.79 Å². The highest BCUT2D eigenvalue weighted by Crippen LogP contribution is 2.34. The molecule has 1 heterocycles. The molecule has 1 aromatic carbocycles. The fourth-order valence-electron chi connectivity index (χ4n) is 2.35. The molecule has 0 amide bonds. The molecule has 0 bridgehead atoms. The molecule has 3 heteroatoms. The molecular formula is C16H17NO2. The van der Waals surface area contributed by atoms with E-state index in [1.807, 2.05) is 44.2 Å². The average Bonchev–Trinajstić information content (AvgIpc) is 2.36. The Labute approximate surface area is 112 Å². The van der Waals surface area contributed by atoms with Crippen LogP contribution in [0.25, 0.3) is 0 Å². The van der Waals surface area contributed by atoms with Crippen LogP contribution in [0.2, 0.25) is 0 Å². The maximum atomic E-state index is 12.0. The Morgan fingerprint density at radius 3 is 2.58 bits per heavy atom. The molecule has 1 atom stereocenters. The number of phenolic OH excluding ortho intramolecular Hbond substituents is 1. The second kappa shape index (κ2) is 5.22. The van der Waals surface area contributed by atoms with E-state index in [2.05, 4.69) is 4.98 Å². The summed E-state index contributed by atoms with van der Waals surface area (Å²) in [6, 6.07) is 9.21.